The average Bonchev–Trinajstić information content (AvgIpc) is 3.17. The molecular formula is C14H21N7S. The molecule has 22 heavy (non-hydrogen) atoms. The summed E-state index contributed by atoms with van der Waals surface area (Å²) in [5, 5.41) is 7.32. The van der Waals surface area contributed by atoms with Gasteiger partial charge in [-0.25, -0.2) is 9.98 Å². The Kier molecular flexibility index (Phi) is 4.28. The second-order valence-electron chi connectivity index (χ2n) is 5.34. The second-order valence-corrected chi connectivity index (χ2v) is 6.22. The first kappa shape index (κ1) is 14.8. The number of hydrogen-bond acceptors (Lipinski definition) is 5. The summed E-state index contributed by atoms with van der Waals surface area (Å²) in [5.41, 5.74) is 8.38. The van der Waals surface area contributed by atoms with Crippen LogP contribution in [0, 0.1) is 6.92 Å². The maximum Gasteiger partial charge on any atom is 0.191 e. The normalized spacial score (nSPS) is 16.4. The fourth-order valence-electron chi connectivity index (χ4n) is 2.46. The highest BCUT2D eigenvalue weighted by Gasteiger charge is 2.19. The molecule has 0 aromatic carbocycles. The third-order valence-corrected chi connectivity index (χ3v) is 4.87. The van der Waals surface area contributed by atoms with E-state index in [0.29, 0.717) is 12.5 Å². The van der Waals surface area contributed by atoms with Crippen molar-refractivity contribution in [2.45, 2.75) is 13.5 Å². The lowest BCUT2D eigenvalue weighted by atomic mass is 10.3. The first-order valence-electron chi connectivity index (χ1n) is 7.32. The molecular weight excluding hydrogens is 298 g/mol. The van der Waals surface area contributed by atoms with E-state index in [9.17, 15) is 0 Å². The molecule has 8 heteroatoms. The van der Waals surface area contributed by atoms with E-state index >= 15 is 0 Å². The number of hydrogen-bond donors (Lipinski definition) is 1. The highest BCUT2D eigenvalue weighted by atomic mass is 32.1. The third-order valence-electron chi connectivity index (χ3n) is 4.04. The number of thiazole rings is 1. The van der Waals surface area contributed by atoms with Crippen molar-refractivity contribution in [2.24, 2.45) is 17.8 Å². The van der Waals surface area contributed by atoms with Crippen LogP contribution in [0.2, 0.25) is 0 Å². The van der Waals surface area contributed by atoms with Crippen LogP contribution < -0.4 is 10.6 Å². The van der Waals surface area contributed by atoms with E-state index in [2.05, 4.69) is 24.9 Å². The molecule has 3 heterocycles. The Morgan fingerprint density at radius 1 is 1.36 bits per heavy atom. The Balaban J connectivity index is 1.56. The Hall–Kier alpha value is -2.09. The summed E-state index contributed by atoms with van der Waals surface area (Å²) in [6.07, 6.45) is 3.70. The van der Waals surface area contributed by atoms with Crippen molar-refractivity contribution in [1.82, 2.24) is 19.7 Å². The fourth-order valence-corrected chi connectivity index (χ4v) is 3.16. The molecule has 0 spiro atoms. The highest BCUT2D eigenvalue weighted by Crippen LogP contribution is 2.18. The van der Waals surface area contributed by atoms with Gasteiger partial charge in [-0.05, 0) is 6.92 Å². The molecule has 1 saturated heterocycles. The van der Waals surface area contributed by atoms with Crippen LogP contribution in [-0.4, -0.2) is 51.8 Å². The number of aliphatic imine (C=N–C) groups is 1. The van der Waals surface area contributed by atoms with Gasteiger partial charge in [-0.2, -0.15) is 5.10 Å². The minimum atomic E-state index is 0.582. The monoisotopic (exact) mass is 319 g/mol. The molecule has 7 nitrogen and oxygen atoms in total. The summed E-state index contributed by atoms with van der Waals surface area (Å²) in [6.45, 7) is 6.23. The first-order valence-corrected chi connectivity index (χ1v) is 8.20. The van der Waals surface area contributed by atoms with Crippen LogP contribution in [0.15, 0.2) is 22.8 Å². The van der Waals surface area contributed by atoms with E-state index in [1.165, 1.54) is 0 Å². The predicted molar refractivity (Wildman–Crippen MR) is 89.2 cm³/mol. The molecule has 2 aromatic heterocycles. The van der Waals surface area contributed by atoms with E-state index in [4.69, 9.17) is 5.73 Å². The van der Waals surface area contributed by atoms with Crippen molar-refractivity contribution in [1.29, 1.82) is 0 Å². The van der Waals surface area contributed by atoms with Gasteiger partial charge in [0.25, 0.3) is 0 Å². The van der Waals surface area contributed by atoms with Crippen LogP contribution in [0.4, 0.5) is 5.13 Å². The molecule has 2 aromatic rings. The second kappa shape index (κ2) is 6.35. The molecule has 1 aliphatic heterocycles. The summed E-state index contributed by atoms with van der Waals surface area (Å²) in [4.78, 5) is 13.3. The highest BCUT2D eigenvalue weighted by molar-refractivity contribution is 7.13. The van der Waals surface area contributed by atoms with Crippen molar-refractivity contribution in [3.8, 4) is 0 Å². The molecule has 0 atom stereocenters. The smallest absolute Gasteiger partial charge is 0.191 e. The molecule has 118 valence electrons. The lowest BCUT2D eigenvalue weighted by molar-refractivity contribution is 0.380. The van der Waals surface area contributed by atoms with Gasteiger partial charge in [0.15, 0.2) is 11.1 Å². The van der Waals surface area contributed by atoms with Gasteiger partial charge in [0.05, 0.1) is 12.7 Å². The Labute approximate surface area is 134 Å². The van der Waals surface area contributed by atoms with E-state index in [-0.39, 0.29) is 0 Å². The van der Waals surface area contributed by atoms with E-state index in [1.807, 2.05) is 36.4 Å². The van der Waals surface area contributed by atoms with Gasteiger partial charge in [0.1, 0.15) is 0 Å². The molecule has 0 unspecified atom stereocenters. The molecule has 1 fully saturated rings. The van der Waals surface area contributed by atoms with Crippen LogP contribution in [0.25, 0.3) is 0 Å². The topological polar surface area (TPSA) is 75.6 Å². The minimum Gasteiger partial charge on any atom is -0.370 e. The van der Waals surface area contributed by atoms with Crippen molar-refractivity contribution >= 4 is 22.4 Å². The molecule has 0 bridgehead atoms. The van der Waals surface area contributed by atoms with Crippen molar-refractivity contribution < 1.29 is 0 Å². The fraction of sp³-hybridized carbons (Fsp3) is 0.500. The molecule has 3 rings (SSSR count). The predicted octanol–water partition coefficient (Wildman–Crippen LogP) is 0.822. The SMILES string of the molecule is Cc1c(CN=C(N)N2CCN(c3nccs3)CC2)cnn1C. The van der Waals surface area contributed by atoms with Crippen molar-refractivity contribution in [3.05, 3.63) is 29.0 Å². The number of nitrogens with two attached hydrogens (primary N) is 1. The van der Waals surface area contributed by atoms with Crippen LogP contribution in [-0.2, 0) is 13.6 Å². The standard InChI is InChI=1S/C14H21N7S/c1-11-12(10-18-19(11)2)9-17-13(15)20-4-6-21(7-5-20)14-16-3-8-22-14/h3,8,10H,4-7,9H2,1-2H3,(H2,15,17). The van der Waals surface area contributed by atoms with E-state index < -0.39 is 0 Å². The number of aryl methyl sites for hydroxylation is 1. The summed E-state index contributed by atoms with van der Waals surface area (Å²) >= 11 is 1.68. The zero-order valence-electron chi connectivity index (χ0n) is 12.9. The largest absolute Gasteiger partial charge is 0.370 e. The molecule has 2 N–H and O–H groups in total. The molecule has 0 aliphatic carbocycles. The van der Waals surface area contributed by atoms with E-state index in [1.54, 1.807) is 11.3 Å². The lowest BCUT2D eigenvalue weighted by Crippen LogP contribution is -2.51. The zero-order valence-corrected chi connectivity index (χ0v) is 13.8. The zero-order chi connectivity index (χ0) is 15.5. The first-order chi connectivity index (χ1) is 10.6. The number of aromatic nitrogens is 3. The van der Waals surface area contributed by atoms with Gasteiger partial charge < -0.3 is 15.5 Å². The maximum atomic E-state index is 6.13. The van der Waals surface area contributed by atoms with Gasteiger partial charge in [-0.1, -0.05) is 0 Å². The number of rotatable bonds is 3. The number of piperazine rings is 1. The van der Waals surface area contributed by atoms with E-state index in [0.717, 1.165) is 42.6 Å². The maximum absolute atomic E-state index is 6.13. The van der Waals surface area contributed by atoms with Gasteiger partial charge in [0.2, 0.25) is 0 Å². The van der Waals surface area contributed by atoms with Crippen LogP contribution in [0.1, 0.15) is 11.3 Å². The van der Waals surface area contributed by atoms with Gasteiger partial charge in [-0.3, -0.25) is 4.68 Å². The molecule has 0 saturated carbocycles. The summed E-state index contributed by atoms with van der Waals surface area (Å²) < 4.78 is 1.86. The summed E-state index contributed by atoms with van der Waals surface area (Å²) in [5.74, 6) is 0.613. The molecule has 1 aliphatic rings. The quantitative estimate of drug-likeness (QED) is 0.670. The van der Waals surface area contributed by atoms with Gasteiger partial charge >= 0.3 is 0 Å². The van der Waals surface area contributed by atoms with Crippen LogP contribution in [0.5, 0.6) is 0 Å². The Morgan fingerprint density at radius 3 is 2.73 bits per heavy atom. The van der Waals surface area contributed by atoms with Crippen LogP contribution >= 0.6 is 11.3 Å². The number of anilines is 1. The summed E-state index contributed by atoms with van der Waals surface area (Å²) in [7, 11) is 1.93. The molecule has 0 radical (unpaired) electrons. The number of guanidine groups is 1. The average molecular weight is 319 g/mol. The number of nitrogens with zero attached hydrogens (tertiary/aromatic N) is 6. The minimum absolute atomic E-state index is 0.582. The molecule has 0 amide bonds. The summed E-state index contributed by atoms with van der Waals surface area (Å²) in [6, 6.07) is 0. The Bertz CT molecular complexity index is 638. The lowest BCUT2D eigenvalue weighted by Gasteiger charge is -2.35. The Morgan fingerprint density at radius 2 is 2.14 bits per heavy atom. The van der Waals surface area contributed by atoms with Crippen molar-refractivity contribution in [3.63, 3.8) is 0 Å². The third kappa shape index (κ3) is 3.06. The van der Waals surface area contributed by atoms with Gasteiger partial charge in [0, 0.05) is 56.1 Å². The van der Waals surface area contributed by atoms with Crippen molar-refractivity contribution in [2.75, 3.05) is 31.1 Å². The van der Waals surface area contributed by atoms with Crippen LogP contribution in [0.3, 0.4) is 0 Å². The van der Waals surface area contributed by atoms with Gasteiger partial charge in [-0.15, -0.1) is 11.3 Å².